The predicted molar refractivity (Wildman–Crippen MR) is 118 cm³/mol. The number of anilines is 1. The molecule has 2 unspecified atom stereocenters. The Kier molecular flexibility index (Phi) is 6.15. The summed E-state index contributed by atoms with van der Waals surface area (Å²) in [5.74, 6) is 0.319. The Labute approximate surface area is 182 Å². The number of nitrogens with one attached hydrogen (secondary N) is 2. The molecular formula is C22H23BrN4O3. The number of rotatable bonds is 6. The van der Waals surface area contributed by atoms with Crippen molar-refractivity contribution in [1.82, 2.24) is 14.9 Å². The van der Waals surface area contributed by atoms with Crippen LogP contribution in [0.4, 0.5) is 5.69 Å². The molecule has 0 saturated carbocycles. The fraction of sp³-hybridized carbons (Fsp3) is 0.318. The second-order valence-electron chi connectivity index (χ2n) is 7.34. The summed E-state index contributed by atoms with van der Waals surface area (Å²) >= 11 is 3.41. The van der Waals surface area contributed by atoms with Gasteiger partial charge in [0.25, 0.3) is 0 Å². The number of imidazole rings is 1. The number of ether oxygens (including phenoxy) is 1. The summed E-state index contributed by atoms with van der Waals surface area (Å²) in [6.45, 7) is 2.57. The van der Waals surface area contributed by atoms with Crippen molar-refractivity contribution in [2.75, 3.05) is 11.9 Å². The summed E-state index contributed by atoms with van der Waals surface area (Å²) < 4.78 is 8.21. The molecule has 30 heavy (non-hydrogen) atoms. The van der Waals surface area contributed by atoms with E-state index in [2.05, 4.69) is 31.5 Å². The summed E-state index contributed by atoms with van der Waals surface area (Å²) in [4.78, 5) is 29.9. The number of hydrogen-bond donors (Lipinski definition) is 2. The van der Waals surface area contributed by atoms with Crippen LogP contribution in [0.3, 0.4) is 0 Å². The maximum Gasteiger partial charge on any atom is 0.249 e. The van der Waals surface area contributed by atoms with Crippen molar-refractivity contribution >= 4 is 44.5 Å². The third-order valence-electron chi connectivity index (χ3n) is 5.06. The molecule has 2 amide bonds. The average Bonchev–Trinajstić information content (AvgIpc) is 3.37. The molecule has 0 aliphatic carbocycles. The van der Waals surface area contributed by atoms with Gasteiger partial charge in [0.2, 0.25) is 11.8 Å². The topological polar surface area (TPSA) is 85.2 Å². The molecule has 1 fully saturated rings. The van der Waals surface area contributed by atoms with Crippen LogP contribution < -0.4 is 10.6 Å². The second-order valence-corrected chi connectivity index (χ2v) is 8.25. The van der Waals surface area contributed by atoms with Gasteiger partial charge in [-0.05, 0) is 50.1 Å². The number of para-hydroxylation sites is 2. The molecule has 8 heteroatoms. The van der Waals surface area contributed by atoms with Crippen LogP contribution >= 0.6 is 15.9 Å². The Morgan fingerprint density at radius 2 is 2.10 bits per heavy atom. The molecule has 1 saturated heterocycles. The number of benzene rings is 2. The molecule has 0 spiro atoms. The quantitative estimate of drug-likeness (QED) is 0.573. The summed E-state index contributed by atoms with van der Waals surface area (Å²) in [5, 5.41) is 5.90. The van der Waals surface area contributed by atoms with Crippen molar-refractivity contribution in [2.24, 2.45) is 0 Å². The van der Waals surface area contributed by atoms with Crippen LogP contribution in [0, 0.1) is 0 Å². The molecule has 2 N–H and O–H groups in total. The smallest absolute Gasteiger partial charge is 0.249 e. The highest BCUT2D eigenvalue weighted by atomic mass is 79.9. The minimum absolute atomic E-state index is 0.0858. The molecule has 2 aromatic carbocycles. The lowest BCUT2D eigenvalue weighted by atomic mass is 10.2. The van der Waals surface area contributed by atoms with E-state index in [1.54, 1.807) is 0 Å². The normalized spacial score (nSPS) is 17.1. The number of amides is 2. The van der Waals surface area contributed by atoms with Crippen LogP contribution in [0.15, 0.2) is 53.0 Å². The monoisotopic (exact) mass is 470 g/mol. The Morgan fingerprint density at radius 3 is 2.87 bits per heavy atom. The summed E-state index contributed by atoms with van der Waals surface area (Å²) in [5.41, 5.74) is 2.33. The van der Waals surface area contributed by atoms with Gasteiger partial charge in [-0.25, -0.2) is 4.98 Å². The molecule has 7 nitrogen and oxygen atoms in total. The molecule has 2 heterocycles. The van der Waals surface area contributed by atoms with E-state index in [1.165, 1.54) is 0 Å². The van der Waals surface area contributed by atoms with Gasteiger partial charge in [-0.15, -0.1) is 0 Å². The number of hydrogen-bond acceptors (Lipinski definition) is 4. The first kappa shape index (κ1) is 20.6. The van der Waals surface area contributed by atoms with Gasteiger partial charge in [-0.1, -0.05) is 34.1 Å². The van der Waals surface area contributed by atoms with Gasteiger partial charge < -0.3 is 19.9 Å². The number of fused-ring (bicyclic) bond motifs is 1. The fourth-order valence-electron chi connectivity index (χ4n) is 3.66. The van der Waals surface area contributed by atoms with E-state index < -0.39 is 6.10 Å². The number of nitrogens with zero attached hydrogens (tertiary/aromatic N) is 2. The van der Waals surface area contributed by atoms with Gasteiger partial charge in [0, 0.05) is 16.8 Å². The highest BCUT2D eigenvalue weighted by Gasteiger charge is 2.27. The SMILES string of the molecule is CC(NC(=O)C1CCCO1)c1nc2ccccc2n1CC(=O)Nc1cccc(Br)c1. The molecule has 3 aromatic rings. The summed E-state index contributed by atoms with van der Waals surface area (Å²) in [6.07, 6.45) is 1.20. The Balaban J connectivity index is 1.56. The second kappa shape index (κ2) is 8.97. The molecule has 156 valence electrons. The highest BCUT2D eigenvalue weighted by Crippen LogP contribution is 2.22. The Bertz CT molecular complexity index is 1080. The fourth-order valence-corrected chi connectivity index (χ4v) is 4.06. The summed E-state index contributed by atoms with van der Waals surface area (Å²) in [6, 6.07) is 14.7. The van der Waals surface area contributed by atoms with Crippen LogP contribution in [0.2, 0.25) is 0 Å². The number of carbonyl (C=O) groups is 2. The zero-order chi connectivity index (χ0) is 21.1. The van der Waals surface area contributed by atoms with Gasteiger partial charge in [0.15, 0.2) is 0 Å². The maximum absolute atomic E-state index is 12.8. The molecule has 2 atom stereocenters. The minimum Gasteiger partial charge on any atom is -0.368 e. The van der Waals surface area contributed by atoms with Crippen LogP contribution in [0.25, 0.3) is 11.0 Å². The van der Waals surface area contributed by atoms with Crippen molar-refractivity contribution in [2.45, 2.75) is 38.5 Å². The standard InChI is InChI=1S/C22H23BrN4O3/c1-14(24-22(29)19-10-5-11-30-19)21-26-17-8-2-3-9-18(17)27(21)13-20(28)25-16-7-4-6-15(23)12-16/h2-4,6-9,12,14,19H,5,10-11,13H2,1H3,(H,24,29)(H,25,28). The van der Waals surface area contributed by atoms with Crippen LogP contribution in [0.1, 0.15) is 31.6 Å². The molecule has 1 aliphatic heterocycles. The van der Waals surface area contributed by atoms with Crippen molar-refractivity contribution in [3.63, 3.8) is 0 Å². The minimum atomic E-state index is -0.412. The molecule has 4 rings (SSSR count). The lowest BCUT2D eigenvalue weighted by Crippen LogP contribution is -2.37. The number of aromatic nitrogens is 2. The lowest BCUT2D eigenvalue weighted by Gasteiger charge is -2.18. The van der Waals surface area contributed by atoms with Crippen LogP contribution in [0.5, 0.6) is 0 Å². The van der Waals surface area contributed by atoms with E-state index in [1.807, 2.05) is 60.0 Å². The zero-order valence-corrected chi connectivity index (χ0v) is 18.2. The van der Waals surface area contributed by atoms with Crippen molar-refractivity contribution in [1.29, 1.82) is 0 Å². The Hall–Kier alpha value is -2.71. The molecular weight excluding hydrogens is 448 g/mol. The van der Waals surface area contributed by atoms with Gasteiger partial charge in [0.1, 0.15) is 18.5 Å². The van der Waals surface area contributed by atoms with Crippen molar-refractivity contribution in [3.05, 3.63) is 58.8 Å². The third-order valence-corrected chi connectivity index (χ3v) is 5.56. The van der Waals surface area contributed by atoms with E-state index in [9.17, 15) is 9.59 Å². The van der Waals surface area contributed by atoms with Gasteiger partial charge in [-0.2, -0.15) is 0 Å². The van der Waals surface area contributed by atoms with E-state index in [-0.39, 0.29) is 24.4 Å². The van der Waals surface area contributed by atoms with Crippen molar-refractivity contribution < 1.29 is 14.3 Å². The Morgan fingerprint density at radius 1 is 1.27 bits per heavy atom. The largest absolute Gasteiger partial charge is 0.368 e. The van der Waals surface area contributed by atoms with Gasteiger partial charge in [0.05, 0.1) is 17.1 Å². The van der Waals surface area contributed by atoms with Gasteiger partial charge in [-0.3, -0.25) is 9.59 Å². The van der Waals surface area contributed by atoms with E-state index in [0.29, 0.717) is 18.1 Å². The number of carbonyl (C=O) groups excluding carboxylic acids is 2. The average molecular weight is 471 g/mol. The lowest BCUT2D eigenvalue weighted by molar-refractivity contribution is -0.130. The van der Waals surface area contributed by atoms with E-state index >= 15 is 0 Å². The molecule has 0 bridgehead atoms. The predicted octanol–water partition coefficient (Wildman–Crippen LogP) is 3.79. The van der Waals surface area contributed by atoms with Crippen molar-refractivity contribution in [3.8, 4) is 0 Å². The van der Waals surface area contributed by atoms with Crippen LogP contribution in [-0.4, -0.2) is 34.1 Å². The zero-order valence-electron chi connectivity index (χ0n) is 16.6. The van der Waals surface area contributed by atoms with E-state index in [4.69, 9.17) is 4.74 Å². The first-order valence-corrected chi connectivity index (χ1v) is 10.7. The summed E-state index contributed by atoms with van der Waals surface area (Å²) in [7, 11) is 0. The van der Waals surface area contributed by atoms with Crippen LogP contribution in [-0.2, 0) is 20.9 Å². The van der Waals surface area contributed by atoms with Gasteiger partial charge >= 0.3 is 0 Å². The van der Waals surface area contributed by atoms with E-state index in [0.717, 1.165) is 28.3 Å². The molecule has 0 radical (unpaired) electrons. The number of halogens is 1. The third kappa shape index (κ3) is 4.55. The molecule has 1 aliphatic rings. The first-order chi connectivity index (χ1) is 14.5. The maximum atomic E-state index is 12.8. The highest BCUT2D eigenvalue weighted by molar-refractivity contribution is 9.10. The molecule has 1 aromatic heterocycles. The first-order valence-electron chi connectivity index (χ1n) is 9.94.